The molecule has 1 saturated carbocycles. The van der Waals surface area contributed by atoms with E-state index >= 15 is 4.79 Å². The molecule has 2 heterocycles. The van der Waals surface area contributed by atoms with Gasteiger partial charge in [0.15, 0.2) is 0 Å². The average Bonchev–Trinajstić information content (AvgIpc) is 3.35. The van der Waals surface area contributed by atoms with E-state index in [0.29, 0.717) is 32.4 Å². The van der Waals surface area contributed by atoms with Gasteiger partial charge in [0.2, 0.25) is 11.8 Å². The Morgan fingerprint density at radius 3 is 2.21 bits per heavy atom. The lowest BCUT2D eigenvalue weighted by atomic mass is 9.65. The highest BCUT2D eigenvalue weighted by molar-refractivity contribution is 6.09. The number of carbonyl (C=O) groups excluding carboxylic acids is 2. The van der Waals surface area contributed by atoms with E-state index in [0.717, 1.165) is 52.0 Å². The van der Waals surface area contributed by atoms with Crippen LogP contribution in [-0.4, -0.2) is 28.9 Å². The van der Waals surface area contributed by atoms with Crippen LogP contribution in [0.5, 0.6) is 0 Å². The number of hydrogen-bond donors (Lipinski definition) is 1. The molecule has 236 valence electrons. The van der Waals surface area contributed by atoms with Gasteiger partial charge in [0.25, 0.3) is 0 Å². The first-order valence-corrected chi connectivity index (χ1v) is 16.5. The third-order valence-electron chi connectivity index (χ3n) is 9.61. The summed E-state index contributed by atoms with van der Waals surface area (Å²) in [5.41, 5.74) is 5.83. The maximum atomic E-state index is 15.1. The second kappa shape index (κ2) is 13.7. The fourth-order valence-corrected chi connectivity index (χ4v) is 7.30. The SMILES string of the molecule is O=C(CCc1ccccc1)N[C@H]1[C@H](OCc2ccccc2)CCC[C@@]12C(=O)N(Cc1ccccc1)c1ccc(-c3ccccn3)cc12. The molecule has 1 aliphatic carbocycles. The van der Waals surface area contributed by atoms with E-state index in [-0.39, 0.29) is 17.9 Å². The van der Waals surface area contributed by atoms with Gasteiger partial charge in [-0.3, -0.25) is 14.6 Å². The smallest absolute Gasteiger partial charge is 0.240 e. The molecule has 5 aromatic rings. The van der Waals surface area contributed by atoms with Crippen molar-refractivity contribution in [1.82, 2.24) is 10.3 Å². The number of nitrogens with one attached hydrogen (secondary N) is 1. The Kier molecular flexibility index (Phi) is 8.94. The number of aromatic nitrogens is 1. The van der Waals surface area contributed by atoms with Crippen LogP contribution in [0.3, 0.4) is 0 Å². The highest BCUT2D eigenvalue weighted by atomic mass is 16.5. The maximum absolute atomic E-state index is 15.1. The number of ether oxygens (including phenoxy) is 1. The molecule has 2 amide bonds. The first kappa shape index (κ1) is 30.6. The standard InChI is InChI=1S/C41H39N3O3/c45-38(24-21-30-13-4-1-5-14-30)43-39-37(47-29-32-17-8-3-9-18-32)20-12-25-41(39)34-27-33(35-19-10-11-26-42-35)22-23-36(34)44(40(41)46)28-31-15-6-2-7-16-31/h1-11,13-19,22-23,26-27,37,39H,12,20-21,24-25,28-29H2,(H,43,45)/t37-,39+,41+/m1/s1. The van der Waals surface area contributed by atoms with Crippen LogP contribution in [0.1, 0.15) is 47.9 Å². The second-order valence-electron chi connectivity index (χ2n) is 12.6. The number of hydrogen-bond acceptors (Lipinski definition) is 4. The van der Waals surface area contributed by atoms with Crippen molar-refractivity contribution in [3.8, 4) is 11.3 Å². The van der Waals surface area contributed by atoms with E-state index in [1.807, 2.05) is 108 Å². The third-order valence-corrected chi connectivity index (χ3v) is 9.61. The first-order valence-electron chi connectivity index (χ1n) is 16.5. The summed E-state index contributed by atoms with van der Waals surface area (Å²) in [7, 11) is 0. The molecule has 47 heavy (non-hydrogen) atoms. The summed E-state index contributed by atoms with van der Waals surface area (Å²) in [5.74, 6) is -0.0685. The zero-order valence-electron chi connectivity index (χ0n) is 26.4. The fraction of sp³-hybridized carbons (Fsp3) is 0.244. The molecule has 6 nitrogen and oxygen atoms in total. The largest absolute Gasteiger partial charge is 0.371 e. The van der Waals surface area contributed by atoms with Crippen molar-refractivity contribution in [2.45, 2.75) is 62.8 Å². The summed E-state index contributed by atoms with van der Waals surface area (Å²) < 4.78 is 6.67. The van der Waals surface area contributed by atoms with Gasteiger partial charge in [-0.05, 0) is 72.2 Å². The minimum Gasteiger partial charge on any atom is -0.371 e. The van der Waals surface area contributed by atoms with Crippen LogP contribution in [0.4, 0.5) is 5.69 Å². The lowest BCUT2D eigenvalue weighted by Gasteiger charge is -2.45. The van der Waals surface area contributed by atoms with Gasteiger partial charge in [-0.2, -0.15) is 0 Å². The Balaban J connectivity index is 1.29. The predicted octanol–water partition coefficient (Wildman–Crippen LogP) is 7.42. The molecule has 0 radical (unpaired) electrons. The van der Waals surface area contributed by atoms with Gasteiger partial charge < -0.3 is 15.0 Å². The zero-order chi connectivity index (χ0) is 32.1. The maximum Gasteiger partial charge on any atom is 0.240 e. The van der Waals surface area contributed by atoms with Gasteiger partial charge >= 0.3 is 0 Å². The topological polar surface area (TPSA) is 71.5 Å². The van der Waals surface area contributed by atoms with Crippen molar-refractivity contribution in [2.24, 2.45) is 0 Å². The number of benzene rings is 4. The molecular weight excluding hydrogens is 582 g/mol. The van der Waals surface area contributed by atoms with Gasteiger partial charge in [-0.1, -0.05) is 103 Å². The Labute approximate surface area is 276 Å². The number of anilines is 1. The molecule has 0 saturated heterocycles. The number of carbonyl (C=O) groups is 2. The lowest BCUT2D eigenvalue weighted by molar-refractivity contribution is -0.133. The highest BCUT2D eigenvalue weighted by Gasteiger charge is 2.59. The van der Waals surface area contributed by atoms with Crippen molar-refractivity contribution < 1.29 is 14.3 Å². The first-order chi connectivity index (χ1) is 23.1. The molecule has 4 aromatic carbocycles. The van der Waals surface area contributed by atoms with Gasteiger partial charge in [0.05, 0.1) is 36.4 Å². The monoisotopic (exact) mass is 621 g/mol. The Morgan fingerprint density at radius 2 is 1.51 bits per heavy atom. The zero-order valence-corrected chi connectivity index (χ0v) is 26.4. The van der Waals surface area contributed by atoms with Crippen LogP contribution >= 0.6 is 0 Å². The van der Waals surface area contributed by atoms with Crippen LogP contribution in [0.2, 0.25) is 0 Å². The molecule has 0 unspecified atom stereocenters. The summed E-state index contributed by atoms with van der Waals surface area (Å²) in [6.45, 7) is 0.849. The van der Waals surface area contributed by atoms with E-state index in [4.69, 9.17) is 4.74 Å². The minimum absolute atomic E-state index is 0.0101. The predicted molar refractivity (Wildman–Crippen MR) is 185 cm³/mol. The number of pyridine rings is 1. The van der Waals surface area contributed by atoms with E-state index in [9.17, 15) is 4.79 Å². The third kappa shape index (κ3) is 6.34. The van der Waals surface area contributed by atoms with Gasteiger partial charge in [0.1, 0.15) is 0 Å². The summed E-state index contributed by atoms with van der Waals surface area (Å²) in [5, 5.41) is 3.40. The van der Waals surface area contributed by atoms with E-state index in [1.54, 1.807) is 6.20 Å². The average molecular weight is 622 g/mol. The van der Waals surface area contributed by atoms with Gasteiger partial charge in [0, 0.05) is 23.9 Å². The number of nitrogens with zero attached hydrogens (tertiary/aromatic N) is 2. The normalized spacial score (nSPS) is 20.3. The van der Waals surface area contributed by atoms with Crippen LogP contribution in [0, 0.1) is 0 Å². The number of fused-ring (bicyclic) bond motifs is 2. The van der Waals surface area contributed by atoms with Crippen LogP contribution in [0.15, 0.2) is 134 Å². The minimum atomic E-state index is -0.989. The van der Waals surface area contributed by atoms with E-state index in [2.05, 4.69) is 34.6 Å². The van der Waals surface area contributed by atoms with Crippen LogP contribution < -0.4 is 10.2 Å². The molecule has 1 aliphatic heterocycles. The van der Waals surface area contributed by atoms with Gasteiger partial charge in [-0.15, -0.1) is 0 Å². The summed E-state index contributed by atoms with van der Waals surface area (Å²) in [6, 6.07) is 41.8. The summed E-state index contributed by atoms with van der Waals surface area (Å²) >= 11 is 0. The number of rotatable bonds is 10. The molecular formula is C41H39N3O3. The van der Waals surface area contributed by atoms with Crippen molar-refractivity contribution >= 4 is 17.5 Å². The molecule has 6 heteroatoms. The molecule has 1 fully saturated rings. The Morgan fingerprint density at radius 1 is 0.830 bits per heavy atom. The van der Waals surface area contributed by atoms with Crippen molar-refractivity contribution in [3.05, 3.63) is 156 Å². The summed E-state index contributed by atoms with van der Waals surface area (Å²) in [4.78, 5) is 35.4. The summed E-state index contributed by atoms with van der Waals surface area (Å²) in [6.07, 6.45) is 4.55. The molecule has 3 atom stereocenters. The number of amides is 2. The van der Waals surface area contributed by atoms with Crippen molar-refractivity contribution in [3.63, 3.8) is 0 Å². The molecule has 2 aliphatic rings. The molecule has 1 N–H and O–H groups in total. The van der Waals surface area contributed by atoms with E-state index < -0.39 is 11.5 Å². The lowest BCUT2D eigenvalue weighted by Crippen LogP contribution is -2.63. The van der Waals surface area contributed by atoms with Crippen molar-refractivity contribution in [2.75, 3.05) is 4.90 Å². The highest BCUT2D eigenvalue weighted by Crippen LogP contribution is 2.52. The molecule has 1 aromatic heterocycles. The second-order valence-corrected chi connectivity index (χ2v) is 12.6. The fourth-order valence-electron chi connectivity index (χ4n) is 7.30. The Bertz CT molecular complexity index is 1820. The number of aryl methyl sites for hydroxylation is 1. The molecule has 1 spiro atoms. The van der Waals surface area contributed by atoms with Crippen LogP contribution in [0.25, 0.3) is 11.3 Å². The van der Waals surface area contributed by atoms with Gasteiger partial charge in [-0.25, -0.2) is 0 Å². The quantitative estimate of drug-likeness (QED) is 0.176. The van der Waals surface area contributed by atoms with E-state index in [1.165, 1.54) is 0 Å². The Hall–Kier alpha value is -5.07. The van der Waals surface area contributed by atoms with Crippen molar-refractivity contribution in [1.29, 1.82) is 0 Å². The van der Waals surface area contributed by atoms with Crippen LogP contribution in [-0.2, 0) is 39.3 Å². The molecule has 7 rings (SSSR count). The molecule has 0 bridgehead atoms.